The van der Waals surface area contributed by atoms with Gasteiger partial charge in [0.2, 0.25) is 0 Å². The second-order valence-corrected chi connectivity index (χ2v) is 4.81. The molecule has 2 rings (SSSR count). The Morgan fingerprint density at radius 2 is 2.23 bits per heavy atom. The zero-order valence-corrected chi connectivity index (χ0v) is 8.66. The van der Waals surface area contributed by atoms with E-state index >= 15 is 0 Å². The lowest BCUT2D eigenvalue weighted by molar-refractivity contribution is -0.0960. The third kappa shape index (κ3) is 1.17. The molecule has 0 aromatic carbocycles. The van der Waals surface area contributed by atoms with Gasteiger partial charge in [-0.15, -0.1) is 0 Å². The summed E-state index contributed by atoms with van der Waals surface area (Å²) >= 11 is 0. The highest BCUT2D eigenvalue weighted by Crippen LogP contribution is 2.55. The number of rotatable bonds is 1. The monoisotopic (exact) mass is 180 g/mol. The number of fused-ring (bicyclic) bond motifs is 1. The SMILES string of the molecule is C=C1CCC2C(CC)[C@@H](C)[C@@H]2C1O. The minimum atomic E-state index is -0.198. The first-order valence-corrected chi connectivity index (χ1v) is 5.52. The summed E-state index contributed by atoms with van der Waals surface area (Å²) in [5.74, 6) is 2.90. The van der Waals surface area contributed by atoms with Crippen LogP contribution in [-0.2, 0) is 0 Å². The van der Waals surface area contributed by atoms with Crippen LogP contribution in [0.2, 0.25) is 0 Å². The molecule has 0 saturated heterocycles. The maximum absolute atomic E-state index is 9.95. The van der Waals surface area contributed by atoms with E-state index in [4.69, 9.17) is 0 Å². The van der Waals surface area contributed by atoms with Crippen LogP contribution < -0.4 is 0 Å². The van der Waals surface area contributed by atoms with Gasteiger partial charge in [-0.2, -0.15) is 0 Å². The molecule has 5 atom stereocenters. The molecule has 1 N–H and O–H groups in total. The molecule has 2 aliphatic carbocycles. The van der Waals surface area contributed by atoms with Crippen LogP contribution in [-0.4, -0.2) is 11.2 Å². The van der Waals surface area contributed by atoms with Crippen molar-refractivity contribution in [3.8, 4) is 0 Å². The lowest BCUT2D eigenvalue weighted by Gasteiger charge is -2.56. The van der Waals surface area contributed by atoms with Crippen LogP contribution in [0.5, 0.6) is 0 Å². The van der Waals surface area contributed by atoms with Crippen LogP contribution in [0.15, 0.2) is 12.2 Å². The number of hydrogen-bond donors (Lipinski definition) is 1. The summed E-state index contributed by atoms with van der Waals surface area (Å²) in [6.07, 6.45) is 3.40. The van der Waals surface area contributed by atoms with Crippen molar-refractivity contribution in [2.75, 3.05) is 0 Å². The van der Waals surface area contributed by atoms with Crippen molar-refractivity contribution >= 4 is 0 Å². The quantitative estimate of drug-likeness (QED) is 0.615. The van der Waals surface area contributed by atoms with Gasteiger partial charge in [0.25, 0.3) is 0 Å². The molecule has 0 aromatic rings. The van der Waals surface area contributed by atoms with E-state index in [0.29, 0.717) is 11.8 Å². The third-order valence-electron chi connectivity index (χ3n) is 4.38. The fourth-order valence-corrected chi connectivity index (χ4v) is 3.58. The van der Waals surface area contributed by atoms with Gasteiger partial charge in [0.1, 0.15) is 0 Å². The van der Waals surface area contributed by atoms with E-state index in [1.807, 2.05) is 0 Å². The molecule has 1 heteroatoms. The standard InChI is InChI=1S/C12H20O/c1-4-9-8(3)11-10(9)6-5-7(2)12(11)13/h8-13H,2,4-6H2,1,3H3/t8-,9?,10?,11+,12?/m1/s1. The number of aliphatic hydroxyl groups excluding tert-OH is 1. The van der Waals surface area contributed by atoms with Crippen LogP contribution in [0.25, 0.3) is 0 Å². The van der Waals surface area contributed by atoms with Crippen molar-refractivity contribution in [2.45, 2.75) is 39.2 Å². The molecule has 1 nitrogen and oxygen atoms in total. The summed E-state index contributed by atoms with van der Waals surface area (Å²) in [4.78, 5) is 0. The Hall–Kier alpha value is -0.300. The zero-order chi connectivity index (χ0) is 9.59. The predicted octanol–water partition coefficient (Wildman–Crippen LogP) is 2.61. The zero-order valence-electron chi connectivity index (χ0n) is 8.66. The molecule has 13 heavy (non-hydrogen) atoms. The van der Waals surface area contributed by atoms with Crippen molar-refractivity contribution in [1.29, 1.82) is 0 Å². The van der Waals surface area contributed by atoms with E-state index in [1.54, 1.807) is 0 Å². The van der Waals surface area contributed by atoms with E-state index < -0.39 is 0 Å². The first-order valence-electron chi connectivity index (χ1n) is 5.52. The van der Waals surface area contributed by atoms with E-state index in [-0.39, 0.29) is 6.10 Å². The van der Waals surface area contributed by atoms with Crippen LogP contribution >= 0.6 is 0 Å². The summed E-state index contributed by atoms with van der Waals surface area (Å²) in [6.45, 7) is 8.51. The summed E-state index contributed by atoms with van der Waals surface area (Å²) in [5, 5.41) is 9.95. The molecular weight excluding hydrogens is 160 g/mol. The highest BCUT2D eigenvalue weighted by molar-refractivity contribution is 5.15. The average Bonchev–Trinajstić information content (AvgIpc) is 2.10. The van der Waals surface area contributed by atoms with Crippen LogP contribution in [0, 0.1) is 23.7 Å². The van der Waals surface area contributed by atoms with Crippen molar-refractivity contribution in [3.05, 3.63) is 12.2 Å². The first-order chi connectivity index (χ1) is 6.16. The van der Waals surface area contributed by atoms with Crippen LogP contribution in [0.1, 0.15) is 33.1 Å². The van der Waals surface area contributed by atoms with E-state index in [1.165, 1.54) is 12.8 Å². The molecule has 0 aromatic heterocycles. The van der Waals surface area contributed by atoms with Gasteiger partial charge < -0.3 is 5.11 Å². The summed E-state index contributed by atoms with van der Waals surface area (Å²) in [6, 6.07) is 0. The second kappa shape index (κ2) is 3.13. The molecule has 2 saturated carbocycles. The molecule has 2 aliphatic rings. The number of aliphatic hydroxyl groups is 1. The van der Waals surface area contributed by atoms with Gasteiger partial charge in [0, 0.05) is 0 Å². The Morgan fingerprint density at radius 1 is 1.54 bits per heavy atom. The highest BCUT2D eigenvalue weighted by atomic mass is 16.3. The maximum Gasteiger partial charge on any atom is 0.0781 e. The van der Waals surface area contributed by atoms with Crippen molar-refractivity contribution in [1.82, 2.24) is 0 Å². The second-order valence-electron chi connectivity index (χ2n) is 4.81. The topological polar surface area (TPSA) is 20.2 Å². The molecule has 0 radical (unpaired) electrons. The Balaban J connectivity index is 2.10. The van der Waals surface area contributed by atoms with Gasteiger partial charge in [-0.1, -0.05) is 26.8 Å². The number of hydrogen-bond acceptors (Lipinski definition) is 1. The van der Waals surface area contributed by atoms with E-state index in [9.17, 15) is 5.11 Å². The highest BCUT2D eigenvalue weighted by Gasteiger charge is 2.51. The Labute approximate surface area is 80.8 Å². The minimum absolute atomic E-state index is 0.198. The molecule has 74 valence electrons. The molecule has 2 fully saturated rings. The summed E-state index contributed by atoms with van der Waals surface area (Å²) < 4.78 is 0. The smallest absolute Gasteiger partial charge is 0.0781 e. The van der Waals surface area contributed by atoms with Gasteiger partial charge in [-0.05, 0) is 42.1 Å². The Kier molecular flexibility index (Phi) is 2.23. The molecular formula is C12H20O. The first kappa shape index (κ1) is 9.26. The minimum Gasteiger partial charge on any atom is -0.388 e. The van der Waals surface area contributed by atoms with Gasteiger partial charge in [-0.25, -0.2) is 0 Å². The lowest BCUT2D eigenvalue weighted by atomic mass is 9.50. The molecule has 3 unspecified atom stereocenters. The lowest BCUT2D eigenvalue weighted by Crippen LogP contribution is -2.53. The Morgan fingerprint density at radius 3 is 2.85 bits per heavy atom. The summed E-state index contributed by atoms with van der Waals surface area (Å²) in [7, 11) is 0. The molecule has 0 aliphatic heterocycles. The van der Waals surface area contributed by atoms with Gasteiger partial charge in [-0.3, -0.25) is 0 Å². The fourth-order valence-electron chi connectivity index (χ4n) is 3.58. The largest absolute Gasteiger partial charge is 0.388 e. The molecule has 0 bridgehead atoms. The van der Waals surface area contributed by atoms with Crippen molar-refractivity contribution in [3.63, 3.8) is 0 Å². The van der Waals surface area contributed by atoms with Gasteiger partial charge in [0.05, 0.1) is 6.10 Å². The maximum atomic E-state index is 9.95. The molecule has 0 spiro atoms. The third-order valence-corrected chi connectivity index (χ3v) is 4.38. The van der Waals surface area contributed by atoms with E-state index in [2.05, 4.69) is 20.4 Å². The van der Waals surface area contributed by atoms with Gasteiger partial charge >= 0.3 is 0 Å². The van der Waals surface area contributed by atoms with Crippen LogP contribution in [0.4, 0.5) is 0 Å². The van der Waals surface area contributed by atoms with Gasteiger partial charge in [0.15, 0.2) is 0 Å². The normalized spacial score (nSPS) is 49.8. The van der Waals surface area contributed by atoms with Crippen molar-refractivity contribution < 1.29 is 5.11 Å². The Bertz CT molecular complexity index is 221. The van der Waals surface area contributed by atoms with E-state index in [0.717, 1.165) is 23.8 Å². The molecule has 0 heterocycles. The predicted molar refractivity (Wildman–Crippen MR) is 54.3 cm³/mol. The fraction of sp³-hybridized carbons (Fsp3) is 0.833. The summed E-state index contributed by atoms with van der Waals surface area (Å²) in [5.41, 5.74) is 1.07. The molecule has 0 amide bonds. The van der Waals surface area contributed by atoms with Crippen molar-refractivity contribution in [2.24, 2.45) is 23.7 Å². The average molecular weight is 180 g/mol. The van der Waals surface area contributed by atoms with Crippen LogP contribution in [0.3, 0.4) is 0 Å².